The van der Waals surface area contributed by atoms with Crippen LogP contribution >= 0.6 is 0 Å². The zero-order chi connectivity index (χ0) is 16.2. The second-order valence-electron chi connectivity index (χ2n) is 5.66. The lowest BCUT2D eigenvalue weighted by Gasteiger charge is -2.14. The minimum atomic E-state index is -0.471. The molecule has 2 aromatic carbocycles. The van der Waals surface area contributed by atoms with Crippen LogP contribution in [-0.4, -0.2) is 16.8 Å². The van der Waals surface area contributed by atoms with Gasteiger partial charge in [-0.25, -0.2) is 0 Å². The SMILES string of the molecule is O=C(c1ccccc1)c1ccc([N+](=O)[O-])c(OC2CCCC2)c1. The van der Waals surface area contributed by atoms with Crippen LogP contribution < -0.4 is 4.74 Å². The molecule has 2 aromatic rings. The standard InChI is InChI=1S/C18H17NO4/c20-18(13-6-2-1-3-7-13)14-10-11-16(19(21)22)17(12-14)23-15-8-4-5-9-15/h1-3,6-7,10-12,15H,4-5,8-9H2. The van der Waals surface area contributed by atoms with Gasteiger partial charge in [-0.3, -0.25) is 14.9 Å². The molecule has 23 heavy (non-hydrogen) atoms. The Bertz CT molecular complexity index is 721. The van der Waals surface area contributed by atoms with Gasteiger partial charge >= 0.3 is 5.69 Å². The van der Waals surface area contributed by atoms with Crippen molar-refractivity contribution >= 4 is 11.5 Å². The smallest absolute Gasteiger partial charge is 0.310 e. The summed E-state index contributed by atoms with van der Waals surface area (Å²) in [5.74, 6) is 0.0143. The van der Waals surface area contributed by atoms with Crippen LogP contribution in [0.1, 0.15) is 41.6 Å². The molecule has 0 heterocycles. The Morgan fingerprint density at radius 2 is 1.74 bits per heavy atom. The lowest BCUT2D eigenvalue weighted by Crippen LogP contribution is -2.13. The van der Waals surface area contributed by atoms with Crippen molar-refractivity contribution < 1.29 is 14.5 Å². The van der Waals surface area contributed by atoms with Crippen molar-refractivity contribution in [1.82, 2.24) is 0 Å². The van der Waals surface area contributed by atoms with Gasteiger partial charge in [0, 0.05) is 17.2 Å². The molecule has 3 rings (SSSR count). The highest BCUT2D eigenvalue weighted by atomic mass is 16.6. The monoisotopic (exact) mass is 311 g/mol. The highest BCUT2D eigenvalue weighted by Gasteiger charge is 2.23. The predicted molar refractivity (Wildman–Crippen MR) is 85.9 cm³/mol. The number of nitro groups is 1. The van der Waals surface area contributed by atoms with E-state index in [2.05, 4.69) is 0 Å². The summed E-state index contributed by atoms with van der Waals surface area (Å²) in [5, 5.41) is 11.2. The van der Waals surface area contributed by atoms with Gasteiger partial charge in [-0.2, -0.15) is 0 Å². The molecule has 0 aromatic heterocycles. The molecule has 0 atom stereocenters. The summed E-state index contributed by atoms with van der Waals surface area (Å²) in [4.78, 5) is 23.2. The molecule has 0 N–H and O–H groups in total. The largest absolute Gasteiger partial charge is 0.483 e. The molecule has 1 aliphatic carbocycles. The highest BCUT2D eigenvalue weighted by Crippen LogP contribution is 2.32. The van der Waals surface area contributed by atoms with Gasteiger partial charge in [0.15, 0.2) is 11.5 Å². The predicted octanol–water partition coefficient (Wildman–Crippen LogP) is 4.15. The van der Waals surface area contributed by atoms with E-state index in [-0.39, 0.29) is 23.3 Å². The van der Waals surface area contributed by atoms with Crippen LogP contribution in [-0.2, 0) is 0 Å². The van der Waals surface area contributed by atoms with E-state index < -0.39 is 4.92 Å². The van der Waals surface area contributed by atoms with E-state index >= 15 is 0 Å². The topological polar surface area (TPSA) is 69.4 Å². The molecular weight excluding hydrogens is 294 g/mol. The van der Waals surface area contributed by atoms with E-state index in [0.29, 0.717) is 11.1 Å². The van der Waals surface area contributed by atoms with Gasteiger partial charge in [-0.15, -0.1) is 0 Å². The maximum atomic E-state index is 12.5. The summed E-state index contributed by atoms with van der Waals surface area (Å²) in [6.07, 6.45) is 3.93. The number of carbonyl (C=O) groups excluding carboxylic acids is 1. The molecule has 0 bridgehead atoms. The van der Waals surface area contributed by atoms with Gasteiger partial charge in [0.25, 0.3) is 0 Å². The van der Waals surface area contributed by atoms with Crippen molar-refractivity contribution in [2.45, 2.75) is 31.8 Å². The number of nitro benzene ring substituents is 1. The second kappa shape index (κ2) is 6.60. The Balaban J connectivity index is 1.92. The first kappa shape index (κ1) is 15.2. The van der Waals surface area contributed by atoms with Crippen molar-refractivity contribution in [3.05, 3.63) is 69.8 Å². The Hall–Kier alpha value is -2.69. The average Bonchev–Trinajstić information content (AvgIpc) is 3.07. The van der Waals surface area contributed by atoms with Crippen LogP contribution in [0.3, 0.4) is 0 Å². The van der Waals surface area contributed by atoms with Crippen molar-refractivity contribution in [3.8, 4) is 5.75 Å². The van der Waals surface area contributed by atoms with E-state index in [4.69, 9.17) is 4.74 Å². The third-order valence-corrected chi connectivity index (χ3v) is 4.05. The lowest BCUT2D eigenvalue weighted by atomic mass is 10.0. The molecule has 1 aliphatic rings. The lowest BCUT2D eigenvalue weighted by molar-refractivity contribution is -0.386. The molecule has 1 fully saturated rings. The maximum Gasteiger partial charge on any atom is 0.310 e. The number of hydrogen-bond acceptors (Lipinski definition) is 4. The molecule has 118 valence electrons. The van der Waals surface area contributed by atoms with Crippen LogP contribution in [0.15, 0.2) is 48.5 Å². The number of ketones is 1. The molecule has 0 radical (unpaired) electrons. The summed E-state index contributed by atoms with van der Waals surface area (Å²) >= 11 is 0. The quantitative estimate of drug-likeness (QED) is 0.472. The Kier molecular flexibility index (Phi) is 4.37. The molecule has 0 amide bonds. The third-order valence-electron chi connectivity index (χ3n) is 4.05. The van der Waals surface area contributed by atoms with Gasteiger partial charge in [-0.1, -0.05) is 30.3 Å². The first-order valence-corrected chi connectivity index (χ1v) is 7.70. The van der Waals surface area contributed by atoms with Crippen molar-refractivity contribution in [2.24, 2.45) is 0 Å². The van der Waals surface area contributed by atoms with E-state index in [9.17, 15) is 14.9 Å². The summed E-state index contributed by atoms with van der Waals surface area (Å²) < 4.78 is 5.80. The highest BCUT2D eigenvalue weighted by molar-refractivity contribution is 6.09. The molecular formula is C18H17NO4. The first-order chi connectivity index (χ1) is 11.1. The third kappa shape index (κ3) is 3.39. The fourth-order valence-electron chi connectivity index (χ4n) is 2.84. The van der Waals surface area contributed by atoms with Crippen LogP contribution in [0.2, 0.25) is 0 Å². The van der Waals surface area contributed by atoms with Gasteiger partial charge < -0.3 is 4.74 Å². The molecule has 5 nitrogen and oxygen atoms in total. The maximum absolute atomic E-state index is 12.5. The molecule has 0 saturated heterocycles. The Morgan fingerprint density at radius 1 is 1.04 bits per heavy atom. The van der Waals surface area contributed by atoms with Crippen molar-refractivity contribution in [1.29, 1.82) is 0 Å². The van der Waals surface area contributed by atoms with Gasteiger partial charge in [0.2, 0.25) is 0 Å². The summed E-state index contributed by atoms with van der Waals surface area (Å²) in [6, 6.07) is 13.2. The van der Waals surface area contributed by atoms with Gasteiger partial charge in [-0.05, 0) is 37.8 Å². The molecule has 0 spiro atoms. The first-order valence-electron chi connectivity index (χ1n) is 7.70. The molecule has 0 unspecified atom stereocenters. The Morgan fingerprint density at radius 3 is 2.39 bits per heavy atom. The number of ether oxygens (including phenoxy) is 1. The van der Waals surface area contributed by atoms with Gasteiger partial charge in [0.05, 0.1) is 11.0 Å². The minimum Gasteiger partial charge on any atom is -0.483 e. The van der Waals surface area contributed by atoms with Crippen LogP contribution in [0, 0.1) is 10.1 Å². The average molecular weight is 311 g/mol. The van der Waals surface area contributed by atoms with Crippen LogP contribution in [0.25, 0.3) is 0 Å². The molecule has 5 heteroatoms. The number of benzene rings is 2. The Labute approximate surface area is 134 Å². The number of nitrogens with zero attached hydrogens (tertiary/aromatic N) is 1. The van der Waals surface area contributed by atoms with E-state index in [1.807, 2.05) is 6.07 Å². The zero-order valence-electron chi connectivity index (χ0n) is 12.6. The normalized spacial score (nSPS) is 14.6. The van der Waals surface area contributed by atoms with Crippen LogP contribution in [0.4, 0.5) is 5.69 Å². The summed E-state index contributed by atoms with van der Waals surface area (Å²) in [5.41, 5.74) is 0.851. The molecule has 0 aliphatic heterocycles. The fraction of sp³-hybridized carbons (Fsp3) is 0.278. The summed E-state index contributed by atoms with van der Waals surface area (Å²) in [6.45, 7) is 0. The van der Waals surface area contributed by atoms with Crippen molar-refractivity contribution in [2.75, 3.05) is 0 Å². The van der Waals surface area contributed by atoms with Crippen LogP contribution in [0.5, 0.6) is 5.75 Å². The van der Waals surface area contributed by atoms with E-state index in [0.717, 1.165) is 25.7 Å². The zero-order valence-corrected chi connectivity index (χ0v) is 12.6. The fourth-order valence-corrected chi connectivity index (χ4v) is 2.84. The molecule has 1 saturated carbocycles. The number of rotatable bonds is 5. The summed E-state index contributed by atoms with van der Waals surface area (Å²) in [7, 11) is 0. The van der Waals surface area contributed by atoms with E-state index in [1.165, 1.54) is 18.2 Å². The van der Waals surface area contributed by atoms with E-state index in [1.54, 1.807) is 24.3 Å². The van der Waals surface area contributed by atoms with Gasteiger partial charge in [0.1, 0.15) is 0 Å². The number of hydrogen-bond donors (Lipinski definition) is 0. The number of carbonyl (C=O) groups is 1. The second-order valence-corrected chi connectivity index (χ2v) is 5.66. The minimum absolute atomic E-state index is 0.00391. The van der Waals surface area contributed by atoms with Crippen molar-refractivity contribution in [3.63, 3.8) is 0 Å².